The molecule has 0 bridgehead atoms. The second-order valence-corrected chi connectivity index (χ2v) is 6.13. The molecule has 0 aliphatic carbocycles. The van der Waals surface area contributed by atoms with Crippen LogP contribution in [0.1, 0.15) is 38.8 Å². The van der Waals surface area contributed by atoms with Crippen LogP contribution in [0.4, 0.5) is 11.5 Å². The Morgan fingerprint density at radius 3 is 2.44 bits per heavy atom. The van der Waals surface area contributed by atoms with E-state index in [0.717, 1.165) is 23.6 Å². The van der Waals surface area contributed by atoms with Crippen LogP contribution < -0.4 is 10.6 Å². The summed E-state index contributed by atoms with van der Waals surface area (Å²) in [5, 5.41) is 4.54. The zero-order chi connectivity index (χ0) is 13.9. The van der Waals surface area contributed by atoms with E-state index in [-0.39, 0.29) is 0 Å². The van der Waals surface area contributed by atoms with Crippen LogP contribution in [-0.2, 0) is 7.05 Å². The third kappa shape index (κ3) is 3.13. The molecule has 4 nitrogen and oxygen atoms in total. The van der Waals surface area contributed by atoms with Gasteiger partial charge in [0.25, 0.3) is 0 Å². The van der Waals surface area contributed by atoms with Crippen LogP contribution in [0, 0.1) is 0 Å². The molecule has 104 valence electrons. The van der Waals surface area contributed by atoms with E-state index in [0.29, 0.717) is 12.0 Å². The number of rotatable bonds is 6. The SMILES string of the molecule is CSCCC(C)N(C)c1c(N)c(C(C)C)nn1C. The Balaban J connectivity index is 2.95. The fraction of sp³-hybridized carbons (Fsp3) is 0.769. The molecule has 2 N–H and O–H groups in total. The number of anilines is 2. The van der Waals surface area contributed by atoms with Gasteiger partial charge in [-0.25, -0.2) is 0 Å². The number of hydrogen-bond acceptors (Lipinski definition) is 4. The molecular formula is C13H26N4S. The second-order valence-electron chi connectivity index (χ2n) is 5.14. The van der Waals surface area contributed by atoms with Crippen molar-refractivity contribution in [1.82, 2.24) is 9.78 Å². The summed E-state index contributed by atoms with van der Waals surface area (Å²) in [5.41, 5.74) is 8.06. The number of nitrogen functional groups attached to an aromatic ring is 1. The third-order valence-corrected chi connectivity index (χ3v) is 4.01. The van der Waals surface area contributed by atoms with Crippen LogP contribution in [0.3, 0.4) is 0 Å². The Bertz CT molecular complexity index is 387. The van der Waals surface area contributed by atoms with Gasteiger partial charge in [-0.2, -0.15) is 16.9 Å². The van der Waals surface area contributed by atoms with Gasteiger partial charge in [0.05, 0.1) is 11.4 Å². The number of nitrogens with zero attached hydrogens (tertiary/aromatic N) is 3. The molecule has 0 saturated heterocycles. The molecule has 1 heterocycles. The summed E-state index contributed by atoms with van der Waals surface area (Å²) in [6.07, 6.45) is 3.29. The van der Waals surface area contributed by atoms with Crippen LogP contribution >= 0.6 is 11.8 Å². The molecule has 1 aromatic heterocycles. The number of thioether (sulfide) groups is 1. The maximum absolute atomic E-state index is 6.24. The topological polar surface area (TPSA) is 47.1 Å². The van der Waals surface area contributed by atoms with Crippen molar-refractivity contribution in [3.05, 3.63) is 5.69 Å². The first-order chi connectivity index (χ1) is 8.40. The quantitative estimate of drug-likeness (QED) is 0.863. The van der Waals surface area contributed by atoms with Gasteiger partial charge >= 0.3 is 0 Å². The molecule has 1 aromatic rings. The lowest BCUT2D eigenvalue weighted by molar-refractivity contribution is 0.630. The Hall–Kier alpha value is -0.840. The highest BCUT2D eigenvalue weighted by atomic mass is 32.2. The molecule has 1 rings (SSSR count). The van der Waals surface area contributed by atoms with Gasteiger partial charge < -0.3 is 10.6 Å². The first-order valence-corrected chi connectivity index (χ1v) is 7.83. The molecule has 5 heteroatoms. The van der Waals surface area contributed by atoms with Gasteiger partial charge in [-0.3, -0.25) is 4.68 Å². The molecule has 18 heavy (non-hydrogen) atoms. The van der Waals surface area contributed by atoms with E-state index < -0.39 is 0 Å². The smallest absolute Gasteiger partial charge is 0.150 e. The average Bonchev–Trinajstić information content (AvgIpc) is 2.61. The minimum Gasteiger partial charge on any atom is -0.394 e. The van der Waals surface area contributed by atoms with Gasteiger partial charge in [0.1, 0.15) is 5.82 Å². The Morgan fingerprint density at radius 2 is 2.00 bits per heavy atom. The van der Waals surface area contributed by atoms with Gasteiger partial charge in [-0.15, -0.1) is 0 Å². The normalized spacial score (nSPS) is 13.1. The Labute approximate surface area is 115 Å². The fourth-order valence-electron chi connectivity index (χ4n) is 2.09. The van der Waals surface area contributed by atoms with Crippen molar-refractivity contribution in [2.24, 2.45) is 7.05 Å². The van der Waals surface area contributed by atoms with Crippen LogP contribution in [0.15, 0.2) is 0 Å². The zero-order valence-corrected chi connectivity index (χ0v) is 13.2. The third-order valence-electron chi connectivity index (χ3n) is 3.36. The average molecular weight is 270 g/mol. The van der Waals surface area contributed by atoms with Crippen molar-refractivity contribution in [3.8, 4) is 0 Å². The lowest BCUT2D eigenvalue weighted by Gasteiger charge is -2.27. The first-order valence-electron chi connectivity index (χ1n) is 6.44. The van der Waals surface area contributed by atoms with E-state index in [1.165, 1.54) is 5.75 Å². The van der Waals surface area contributed by atoms with Crippen LogP contribution in [0.2, 0.25) is 0 Å². The van der Waals surface area contributed by atoms with Crippen molar-refractivity contribution in [2.75, 3.05) is 29.7 Å². The first kappa shape index (κ1) is 15.2. The molecule has 0 aromatic carbocycles. The molecule has 0 saturated carbocycles. The van der Waals surface area contributed by atoms with E-state index in [2.05, 4.69) is 44.1 Å². The van der Waals surface area contributed by atoms with Crippen molar-refractivity contribution < 1.29 is 0 Å². The Morgan fingerprint density at radius 1 is 1.39 bits per heavy atom. The van der Waals surface area contributed by atoms with E-state index in [1.807, 2.05) is 23.5 Å². The van der Waals surface area contributed by atoms with E-state index >= 15 is 0 Å². The zero-order valence-electron chi connectivity index (χ0n) is 12.4. The van der Waals surface area contributed by atoms with E-state index in [1.54, 1.807) is 0 Å². The molecular weight excluding hydrogens is 244 g/mol. The van der Waals surface area contributed by atoms with Crippen molar-refractivity contribution in [2.45, 2.75) is 39.2 Å². The van der Waals surface area contributed by atoms with Crippen LogP contribution in [-0.4, -0.2) is 34.9 Å². The molecule has 0 aliphatic heterocycles. The number of nitrogens with two attached hydrogens (primary N) is 1. The molecule has 1 unspecified atom stereocenters. The van der Waals surface area contributed by atoms with Crippen molar-refractivity contribution in [3.63, 3.8) is 0 Å². The van der Waals surface area contributed by atoms with Gasteiger partial charge in [-0.1, -0.05) is 13.8 Å². The molecule has 0 radical (unpaired) electrons. The molecule has 0 amide bonds. The minimum atomic E-state index is 0.361. The summed E-state index contributed by atoms with van der Waals surface area (Å²) in [4.78, 5) is 2.24. The van der Waals surface area contributed by atoms with Gasteiger partial charge in [0.15, 0.2) is 0 Å². The summed E-state index contributed by atoms with van der Waals surface area (Å²) in [6, 6.07) is 0.468. The molecule has 0 spiro atoms. The van der Waals surface area contributed by atoms with E-state index in [4.69, 9.17) is 5.73 Å². The maximum atomic E-state index is 6.24. The minimum absolute atomic E-state index is 0.361. The van der Waals surface area contributed by atoms with Crippen LogP contribution in [0.5, 0.6) is 0 Å². The lowest BCUT2D eigenvalue weighted by atomic mass is 10.1. The number of aryl methyl sites for hydroxylation is 1. The number of aromatic nitrogens is 2. The van der Waals surface area contributed by atoms with Gasteiger partial charge in [-0.05, 0) is 31.3 Å². The fourth-order valence-corrected chi connectivity index (χ4v) is 2.66. The summed E-state index contributed by atoms with van der Waals surface area (Å²) >= 11 is 1.88. The van der Waals surface area contributed by atoms with E-state index in [9.17, 15) is 0 Å². The largest absolute Gasteiger partial charge is 0.394 e. The van der Waals surface area contributed by atoms with Crippen LogP contribution in [0.25, 0.3) is 0 Å². The summed E-state index contributed by atoms with van der Waals surface area (Å²) in [6.45, 7) is 6.48. The molecule has 0 aliphatic rings. The summed E-state index contributed by atoms with van der Waals surface area (Å²) in [7, 11) is 4.07. The lowest BCUT2D eigenvalue weighted by Crippen LogP contribution is -2.31. The molecule has 0 fully saturated rings. The van der Waals surface area contributed by atoms with Gasteiger partial charge in [0.2, 0.25) is 0 Å². The Kier molecular flexibility index (Phi) is 5.38. The maximum Gasteiger partial charge on any atom is 0.150 e. The standard InChI is InChI=1S/C13H26N4S/c1-9(2)12-11(14)13(17(5)15-12)16(4)10(3)7-8-18-6/h9-10H,7-8,14H2,1-6H3. The second kappa shape index (κ2) is 6.36. The molecule has 1 atom stereocenters. The number of hydrogen-bond donors (Lipinski definition) is 1. The summed E-state index contributed by atoms with van der Waals surface area (Å²) < 4.78 is 1.90. The highest BCUT2D eigenvalue weighted by molar-refractivity contribution is 7.98. The highest BCUT2D eigenvalue weighted by Gasteiger charge is 2.21. The predicted molar refractivity (Wildman–Crippen MR) is 82.6 cm³/mol. The summed E-state index contributed by atoms with van der Waals surface area (Å²) in [5.74, 6) is 2.56. The van der Waals surface area contributed by atoms with Crippen molar-refractivity contribution in [1.29, 1.82) is 0 Å². The van der Waals surface area contributed by atoms with Crippen molar-refractivity contribution >= 4 is 23.3 Å². The predicted octanol–water partition coefficient (Wildman–Crippen LogP) is 2.70. The van der Waals surface area contributed by atoms with Gasteiger partial charge in [0, 0.05) is 20.1 Å². The highest BCUT2D eigenvalue weighted by Crippen LogP contribution is 2.31. The monoisotopic (exact) mass is 270 g/mol.